The van der Waals surface area contributed by atoms with Crippen LogP contribution in [0.4, 0.5) is 0 Å². The molecule has 0 saturated heterocycles. The van der Waals surface area contributed by atoms with Crippen LogP contribution >= 0.6 is 0 Å². The molecular formula is C11H10O6S2. The molecule has 2 aromatic carbocycles. The molecule has 2 aromatic rings. The van der Waals surface area contributed by atoms with Crippen molar-refractivity contribution in [3.8, 4) is 0 Å². The Kier molecular flexibility index (Phi) is 3.13. The Balaban J connectivity index is 2.83. The van der Waals surface area contributed by atoms with Gasteiger partial charge >= 0.3 is 0 Å². The maximum atomic E-state index is 11.2. The highest BCUT2D eigenvalue weighted by Gasteiger charge is 2.16. The SMILES string of the molecule is Cc1cc2ccc(S(=O)(=O)O)cc2cc1S(=O)(=O)O. The Labute approximate surface area is 110 Å². The van der Waals surface area contributed by atoms with Gasteiger partial charge in [-0.05, 0) is 41.5 Å². The predicted molar refractivity (Wildman–Crippen MR) is 68.3 cm³/mol. The molecule has 0 saturated carbocycles. The number of fused-ring (bicyclic) bond motifs is 1. The van der Waals surface area contributed by atoms with Crippen LogP contribution in [0.1, 0.15) is 5.56 Å². The van der Waals surface area contributed by atoms with Crippen molar-refractivity contribution in [2.45, 2.75) is 16.7 Å². The van der Waals surface area contributed by atoms with E-state index in [1.165, 1.54) is 25.1 Å². The fraction of sp³-hybridized carbons (Fsp3) is 0.0909. The fourth-order valence-electron chi connectivity index (χ4n) is 1.81. The van der Waals surface area contributed by atoms with Crippen molar-refractivity contribution in [1.82, 2.24) is 0 Å². The molecule has 0 aliphatic rings. The summed E-state index contributed by atoms with van der Waals surface area (Å²) in [6.45, 7) is 1.51. The van der Waals surface area contributed by atoms with Crippen LogP contribution in [0.25, 0.3) is 10.8 Å². The van der Waals surface area contributed by atoms with E-state index < -0.39 is 20.2 Å². The molecule has 0 atom stereocenters. The zero-order chi connectivity index (χ0) is 14.4. The molecule has 0 radical (unpaired) electrons. The molecule has 0 heterocycles. The molecular weight excluding hydrogens is 292 g/mol. The maximum absolute atomic E-state index is 11.2. The lowest BCUT2D eigenvalue weighted by Crippen LogP contribution is -2.01. The first-order valence-electron chi connectivity index (χ1n) is 5.08. The topological polar surface area (TPSA) is 109 Å². The molecule has 0 aliphatic carbocycles. The highest BCUT2D eigenvalue weighted by molar-refractivity contribution is 7.86. The molecule has 0 spiro atoms. The van der Waals surface area contributed by atoms with Gasteiger partial charge in [0.2, 0.25) is 0 Å². The van der Waals surface area contributed by atoms with Gasteiger partial charge in [0.05, 0.1) is 9.79 Å². The third-order valence-corrected chi connectivity index (χ3v) is 4.53. The number of benzene rings is 2. The molecule has 0 aliphatic heterocycles. The summed E-state index contributed by atoms with van der Waals surface area (Å²) >= 11 is 0. The molecule has 6 nitrogen and oxygen atoms in total. The summed E-state index contributed by atoms with van der Waals surface area (Å²) in [5, 5.41) is 0.880. The highest BCUT2D eigenvalue weighted by Crippen LogP contribution is 2.25. The van der Waals surface area contributed by atoms with Gasteiger partial charge in [-0.3, -0.25) is 9.11 Å². The predicted octanol–water partition coefficient (Wildman–Crippen LogP) is 1.64. The van der Waals surface area contributed by atoms with Crippen LogP contribution < -0.4 is 0 Å². The molecule has 8 heteroatoms. The second-order valence-electron chi connectivity index (χ2n) is 4.08. The zero-order valence-electron chi connectivity index (χ0n) is 9.73. The quantitative estimate of drug-likeness (QED) is 0.816. The summed E-state index contributed by atoms with van der Waals surface area (Å²) in [5.41, 5.74) is 0.342. The van der Waals surface area contributed by atoms with Gasteiger partial charge in [-0.25, -0.2) is 0 Å². The van der Waals surface area contributed by atoms with E-state index in [2.05, 4.69) is 0 Å². The van der Waals surface area contributed by atoms with Crippen LogP contribution in [0, 0.1) is 6.92 Å². The molecule has 0 unspecified atom stereocenters. The van der Waals surface area contributed by atoms with Gasteiger partial charge in [-0.2, -0.15) is 16.8 Å². The highest BCUT2D eigenvalue weighted by atomic mass is 32.2. The zero-order valence-corrected chi connectivity index (χ0v) is 11.4. The second kappa shape index (κ2) is 4.27. The van der Waals surface area contributed by atoms with Crippen molar-refractivity contribution in [3.05, 3.63) is 35.9 Å². The molecule has 0 aromatic heterocycles. The summed E-state index contributed by atoms with van der Waals surface area (Å²) in [6, 6.07) is 6.46. The van der Waals surface area contributed by atoms with E-state index in [9.17, 15) is 16.8 Å². The minimum absolute atomic E-state index is 0.286. The lowest BCUT2D eigenvalue weighted by molar-refractivity contribution is 0.481. The molecule has 0 bridgehead atoms. The smallest absolute Gasteiger partial charge is 0.282 e. The average Bonchev–Trinajstić information content (AvgIpc) is 2.24. The summed E-state index contributed by atoms with van der Waals surface area (Å²) < 4.78 is 62.4. The van der Waals surface area contributed by atoms with Gasteiger partial charge in [-0.15, -0.1) is 0 Å². The van der Waals surface area contributed by atoms with Crippen LogP contribution in [0.5, 0.6) is 0 Å². The Bertz CT molecular complexity index is 865. The Hall–Kier alpha value is -1.48. The van der Waals surface area contributed by atoms with Crippen molar-refractivity contribution in [1.29, 1.82) is 0 Å². The third kappa shape index (κ3) is 2.76. The average molecular weight is 302 g/mol. The number of hydrogen-bond donors (Lipinski definition) is 2. The summed E-state index contributed by atoms with van der Waals surface area (Å²) in [7, 11) is -8.75. The van der Waals surface area contributed by atoms with E-state index in [0.717, 1.165) is 12.1 Å². The maximum Gasteiger partial charge on any atom is 0.294 e. The van der Waals surface area contributed by atoms with Gasteiger partial charge in [0.25, 0.3) is 20.2 Å². The second-order valence-corrected chi connectivity index (χ2v) is 6.89. The van der Waals surface area contributed by atoms with E-state index in [1.807, 2.05) is 0 Å². The third-order valence-electron chi connectivity index (χ3n) is 2.68. The van der Waals surface area contributed by atoms with Crippen molar-refractivity contribution in [3.63, 3.8) is 0 Å². The molecule has 19 heavy (non-hydrogen) atoms. The lowest BCUT2D eigenvalue weighted by Gasteiger charge is -2.06. The van der Waals surface area contributed by atoms with Gasteiger partial charge in [0.15, 0.2) is 0 Å². The van der Waals surface area contributed by atoms with E-state index >= 15 is 0 Å². The Morgan fingerprint density at radius 3 is 2.00 bits per heavy atom. The van der Waals surface area contributed by atoms with E-state index in [0.29, 0.717) is 10.9 Å². The molecule has 2 N–H and O–H groups in total. The van der Waals surface area contributed by atoms with E-state index in [1.54, 1.807) is 0 Å². The van der Waals surface area contributed by atoms with Gasteiger partial charge in [-0.1, -0.05) is 12.1 Å². The van der Waals surface area contributed by atoms with Crippen LogP contribution in [0.2, 0.25) is 0 Å². The monoisotopic (exact) mass is 302 g/mol. The lowest BCUT2D eigenvalue weighted by atomic mass is 10.1. The van der Waals surface area contributed by atoms with E-state index in [4.69, 9.17) is 9.11 Å². The minimum atomic E-state index is -4.39. The first-order valence-corrected chi connectivity index (χ1v) is 7.96. The summed E-state index contributed by atoms with van der Waals surface area (Å²) in [6.07, 6.45) is 0. The summed E-state index contributed by atoms with van der Waals surface area (Å²) in [5.74, 6) is 0. The van der Waals surface area contributed by atoms with Gasteiger partial charge < -0.3 is 0 Å². The largest absolute Gasteiger partial charge is 0.294 e. The number of hydrogen-bond acceptors (Lipinski definition) is 4. The first-order chi connectivity index (χ1) is 8.59. The number of rotatable bonds is 2. The minimum Gasteiger partial charge on any atom is -0.282 e. The van der Waals surface area contributed by atoms with Crippen LogP contribution in [0.15, 0.2) is 40.1 Å². The number of aryl methyl sites for hydroxylation is 1. The standard InChI is InChI=1S/C11H10O6S2/c1-7-4-8-2-3-10(18(12,13)14)5-9(8)6-11(7)19(15,16)17/h2-6H,1H3,(H,12,13,14)(H,15,16,17). The Morgan fingerprint density at radius 1 is 0.842 bits per heavy atom. The summed E-state index contributed by atoms with van der Waals surface area (Å²) in [4.78, 5) is -0.641. The van der Waals surface area contributed by atoms with Crippen LogP contribution in [-0.4, -0.2) is 25.9 Å². The molecule has 0 amide bonds. The van der Waals surface area contributed by atoms with Crippen molar-refractivity contribution >= 4 is 31.0 Å². The van der Waals surface area contributed by atoms with Crippen molar-refractivity contribution in [2.24, 2.45) is 0 Å². The van der Waals surface area contributed by atoms with Gasteiger partial charge in [0, 0.05) is 0 Å². The fourth-order valence-corrected chi connectivity index (χ4v) is 3.06. The van der Waals surface area contributed by atoms with E-state index in [-0.39, 0.29) is 15.2 Å². The molecule has 102 valence electrons. The molecule has 2 rings (SSSR count). The van der Waals surface area contributed by atoms with Crippen LogP contribution in [0.3, 0.4) is 0 Å². The Morgan fingerprint density at radius 2 is 1.47 bits per heavy atom. The van der Waals surface area contributed by atoms with Crippen molar-refractivity contribution < 1.29 is 25.9 Å². The van der Waals surface area contributed by atoms with Crippen molar-refractivity contribution in [2.75, 3.05) is 0 Å². The van der Waals surface area contributed by atoms with Gasteiger partial charge in [0.1, 0.15) is 0 Å². The van der Waals surface area contributed by atoms with Crippen LogP contribution in [-0.2, 0) is 20.2 Å². The molecule has 0 fully saturated rings. The normalized spacial score (nSPS) is 12.8. The first kappa shape index (κ1) is 13.9.